The van der Waals surface area contributed by atoms with Crippen molar-refractivity contribution in [2.45, 2.75) is 6.18 Å². The summed E-state index contributed by atoms with van der Waals surface area (Å²) >= 11 is 0. The van der Waals surface area contributed by atoms with E-state index in [9.17, 15) is 22.8 Å². The van der Waals surface area contributed by atoms with E-state index in [0.717, 1.165) is 18.4 Å². The molecule has 1 aromatic carbocycles. The summed E-state index contributed by atoms with van der Waals surface area (Å²) in [5, 5.41) is 0. The average molecular weight is 300 g/mol. The molecule has 1 saturated heterocycles. The Labute approximate surface area is 120 Å². The van der Waals surface area contributed by atoms with Crippen LogP contribution in [0.5, 0.6) is 0 Å². The first kappa shape index (κ1) is 15.5. The number of nitrogens with zero attached hydrogens (tertiary/aromatic N) is 2. The molecule has 0 atom stereocenters. The van der Waals surface area contributed by atoms with E-state index in [4.69, 9.17) is 0 Å². The summed E-state index contributed by atoms with van der Waals surface area (Å²) in [7, 11) is 0. The first-order valence-electron chi connectivity index (χ1n) is 6.53. The van der Waals surface area contributed by atoms with E-state index in [0.29, 0.717) is 44.7 Å². The molecule has 4 nitrogen and oxygen atoms in total. The molecule has 1 aliphatic heterocycles. The molecule has 1 heterocycles. The summed E-state index contributed by atoms with van der Waals surface area (Å²) < 4.78 is 38.3. The van der Waals surface area contributed by atoms with Gasteiger partial charge < -0.3 is 9.69 Å². The van der Waals surface area contributed by atoms with Gasteiger partial charge in [-0.05, 0) is 18.2 Å². The number of carbonyl (C=O) groups is 2. The standard InChI is InChI=1S/C14H15F3N2O2/c15-14(16,17)12-2-1-11(10-21)13(9-12)19-5-3-18(4-6-19)7-8-20/h1-2,8-10H,3-7H2. The maximum absolute atomic E-state index is 12.8. The lowest BCUT2D eigenvalue weighted by atomic mass is 10.1. The minimum atomic E-state index is -4.44. The number of hydrogen-bond acceptors (Lipinski definition) is 4. The molecule has 0 spiro atoms. The van der Waals surface area contributed by atoms with E-state index in [2.05, 4.69) is 0 Å². The van der Waals surface area contributed by atoms with Crippen LogP contribution in [0.25, 0.3) is 0 Å². The van der Waals surface area contributed by atoms with Crippen molar-refractivity contribution in [2.24, 2.45) is 0 Å². The number of rotatable bonds is 4. The van der Waals surface area contributed by atoms with Crippen LogP contribution in [0.3, 0.4) is 0 Å². The van der Waals surface area contributed by atoms with Gasteiger partial charge in [0.05, 0.1) is 12.1 Å². The third-order valence-electron chi connectivity index (χ3n) is 3.53. The van der Waals surface area contributed by atoms with Crippen molar-refractivity contribution in [3.63, 3.8) is 0 Å². The second-order valence-corrected chi connectivity index (χ2v) is 4.84. The van der Waals surface area contributed by atoms with Crippen molar-refractivity contribution >= 4 is 18.3 Å². The molecule has 0 radical (unpaired) electrons. The van der Waals surface area contributed by atoms with Gasteiger partial charge in [-0.1, -0.05) is 0 Å². The van der Waals surface area contributed by atoms with Gasteiger partial charge in [0.1, 0.15) is 6.29 Å². The SMILES string of the molecule is O=CCN1CCN(c2cc(C(F)(F)F)ccc2C=O)CC1. The Hall–Kier alpha value is -1.89. The molecule has 0 N–H and O–H groups in total. The van der Waals surface area contributed by atoms with Gasteiger partial charge in [-0.15, -0.1) is 0 Å². The highest BCUT2D eigenvalue weighted by molar-refractivity contribution is 5.85. The van der Waals surface area contributed by atoms with Crippen LogP contribution < -0.4 is 4.90 Å². The Morgan fingerprint density at radius 2 is 1.76 bits per heavy atom. The molecule has 114 valence electrons. The Kier molecular flexibility index (Phi) is 4.62. The highest BCUT2D eigenvalue weighted by Crippen LogP contribution is 2.33. The van der Waals surface area contributed by atoms with Gasteiger partial charge in [0, 0.05) is 37.4 Å². The van der Waals surface area contributed by atoms with Crippen LogP contribution in [0, 0.1) is 0 Å². The zero-order valence-electron chi connectivity index (χ0n) is 11.3. The van der Waals surface area contributed by atoms with Crippen LogP contribution in [-0.2, 0) is 11.0 Å². The second-order valence-electron chi connectivity index (χ2n) is 4.84. The van der Waals surface area contributed by atoms with E-state index >= 15 is 0 Å². The third kappa shape index (κ3) is 3.60. The lowest BCUT2D eigenvalue weighted by molar-refractivity contribution is -0.137. The number of carbonyl (C=O) groups excluding carboxylic acids is 2. The third-order valence-corrected chi connectivity index (χ3v) is 3.53. The fourth-order valence-corrected chi connectivity index (χ4v) is 2.37. The average Bonchev–Trinajstić information content (AvgIpc) is 2.47. The van der Waals surface area contributed by atoms with Crippen LogP contribution in [0.4, 0.5) is 18.9 Å². The number of hydrogen-bond donors (Lipinski definition) is 0. The molecular formula is C14H15F3N2O2. The van der Waals surface area contributed by atoms with E-state index in [-0.39, 0.29) is 5.56 Å². The topological polar surface area (TPSA) is 40.6 Å². The molecule has 0 aromatic heterocycles. The lowest BCUT2D eigenvalue weighted by Gasteiger charge is -2.36. The normalized spacial score (nSPS) is 16.8. The number of alkyl halides is 3. The minimum absolute atomic E-state index is 0.242. The van der Waals surface area contributed by atoms with Crippen molar-refractivity contribution in [2.75, 3.05) is 37.6 Å². The highest BCUT2D eigenvalue weighted by Gasteiger charge is 2.32. The van der Waals surface area contributed by atoms with Crippen LogP contribution in [0.1, 0.15) is 15.9 Å². The molecule has 7 heteroatoms. The summed E-state index contributed by atoms with van der Waals surface area (Å²) in [6, 6.07) is 3.12. The zero-order chi connectivity index (χ0) is 15.5. The largest absolute Gasteiger partial charge is 0.416 e. The molecule has 2 rings (SSSR count). The Balaban J connectivity index is 2.22. The van der Waals surface area contributed by atoms with Crippen molar-refractivity contribution in [1.29, 1.82) is 0 Å². The fourth-order valence-electron chi connectivity index (χ4n) is 2.37. The molecule has 1 aliphatic rings. The molecular weight excluding hydrogens is 285 g/mol. The summed E-state index contributed by atoms with van der Waals surface area (Å²) in [5.41, 5.74) is -0.226. The van der Waals surface area contributed by atoms with Gasteiger partial charge in [-0.3, -0.25) is 9.69 Å². The number of piperazine rings is 1. The second kappa shape index (κ2) is 6.26. The lowest BCUT2D eigenvalue weighted by Crippen LogP contribution is -2.47. The van der Waals surface area contributed by atoms with E-state index < -0.39 is 11.7 Å². The van der Waals surface area contributed by atoms with Gasteiger partial charge in [0.2, 0.25) is 0 Å². The molecule has 0 bridgehead atoms. The summed E-state index contributed by atoms with van der Waals surface area (Å²) in [4.78, 5) is 25.2. The Bertz CT molecular complexity index is 523. The minimum Gasteiger partial charge on any atom is -0.368 e. The summed E-state index contributed by atoms with van der Waals surface area (Å²) in [5.74, 6) is 0. The Morgan fingerprint density at radius 3 is 2.29 bits per heavy atom. The van der Waals surface area contributed by atoms with Crippen molar-refractivity contribution in [3.8, 4) is 0 Å². The maximum Gasteiger partial charge on any atom is 0.416 e. The number of halogens is 3. The first-order valence-corrected chi connectivity index (χ1v) is 6.53. The van der Waals surface area contributed by atoms with E-state index in [1.54, 1.807) is 4.90 Å². The van der Waals surface area contributed by atoms with Gasteiger partial charge in [-0.25, -0.2) is 0 Å². The quantitative estimate of drug-likeness (QED) is 0.796. The number of anilines is 1. The van der Waals surface area contributed by atoms with E-state index in [1.807, 2.05) is 4.90 Å². The van der Waals surface area contributed by atoms with Crippen molar-refractivity contribution in [3.05, 3.63) is 29.3 Å². The first-order chi connectivity index (χ1) is 9.95. The summed E-state index contributed by atoms with van der Waals surface area (Å²) in [6.07, 6.45) is -3.07. The van der Waals surface area contributed by atoms with Gasteiger partial charge in [-0.2, -0.15) is 13.2 Å². The van der Waals surface area contributed by atoms with Gasteiger partial charge in [0.25, 0.3) is 0 Å². The number of aldehydes is 2. The monoisotopic (exact) mass is 300 g/mol. The Morgan fingerprint density at radius 1 is 1.10 bits per heavy atom. The van der Waals surface area contributed by atoms with E-state index in [1.165, 1.54) is 6.07 Å². The fraction of sp³-hybridized carbons (Fsp3) is 0.429. The van der Waals surface area contributed by atoms with Crippen LogP contribution in [0.15, 0.2) is 18.2 Å². The molecule has 0 amide bonds. The van der Waals surface area contributed by atoms with Crippen LogP contribution in [0.2, 0.25) is 0 Å². The maximum atomic E-state index is 12.8. The van der Waals surface area contributed by atoms with Crippen molar-refractivity contribution in [1.82, 2.24) is 4.90 Å². The zero-order valence-corrected chi connectivity index (χ0v) is 11.3. The molecule has 1 fully saturated rings. The van der Waals surface area contributed by atoms with Crippen LogP contribution in [-0.4, -0.2) is 50.2 Å². The molecule has 1 aromatic rings. The van der Waals surface area contributed by atoms with Crippen LogP contribution >= 0.6 is 0 Å². The molecule has 0 unspecified atom stereocenters. The number of benzene rings is 1. The van der Waals surface area contributed by atoms with Crippen molar-refractivity contribution < 1.29 is 22.8 Å². The molecule has 0 aliphatic carbocycles. The molecule has 21 heavy (non-hydrogen) atoms. The van der Waals surface area contributed by atoms with Gasteiger partial charge >= 0.3 is 6.18 Å². The molecule has 0 saturated carbocycles. The highest BCUT2D eigenvalue weighted by atomic mass is 19.4. The smallest absolute Gasteiger partial charge is 0.368 e. The predicted octanol–water partition coefficient (Wildman–Crippen LogP) is 1.84. The predicted molar refractivity (Wildman–Crippen MR) is 71.5 cm³/mol. The van der Waals surface area contributed by atoms with Gasteiger partial charge in [0.15, 0.2) is 6.29 Å². The summed E-state index contributed by atoms with van der Waals surface area (Å²) in [6.45, 7) is 2.43.